The van der Waals surface area contributed by atoms with E-state index in [1.807, 2.05) is 24.3 Å². The van der Waals surface area contributed by atoms with Gasteiger partial charge in [-0.3, -0.25) is 0 Å². The molecule has 0 aliphatic heterocycles. The number of ether oxygens (including phenoxy) is 3. The Kier molecular flexibility index (Phi) is 5.75. The molecule has 1 heterocycles. The summed E-state index contributed by atoms with van der Waals surface area (Å²) in [6, 6.07) is 10.5. The molecule has 2 aromatic carbocycles. The molecule has 3 aromatic rings. The number of amides is 1. The molecular formula is C19H21N5O4. The van der Waals surface area contributed by atoms with Crippen molar-refractivity contribution in [2.45, 2.75) is 6.04 Å². The molecular weight excluding hydrogens is 362 g/mol. The maximum atomic E-state index is 11.1. The maximum absolute atomic E-state index is 11.1. The van der Waals surface area contributed by atoms with E-state index in [1.165, 1.54) is 6.33 Å². The van der Waals surface area contributed by atoms with Gasteiger partial charge in [0.15, 0.2) is 17.2 Å². The molecule has 1 atom stereocenters. The summed E-state index contributed by atoms with van der Waals surface area (Å²) < 4.78 is 15.7. The Morgan fingerprint density at radius 3 is 2.57 bits per heavy atom. The number of nitrogens with zero attached hydrogens (tertiary/aromatic N) is 2. The van der Waals surface area contributed by atoms with Crippen molar-refractivity contribution in [1.29, 1.82) is 0 Å². The van der Waals surface area contributed by atoms with E-state index < -0.39 is 6.09 Å². The van der Waals surface area contributed by atoms with Crippen molar-refractivity contribution in [2.75, 3.05) is 26.1 Å². The molecule has 1 unspecified atom stereocenters. The number of aromatic nitrogens is 2. The van der Waals surface area contributed by atoms with E-state index in [0.29, 0.717) is 34.8 Å². The molecule has 0 saturated carbocycles. The van der Waals surface area contributed by atoms with E-state index in [1.54, 1.807) is 26.4 Å². The monoisotopic (exact) mass is 383 g/mol. The first-order valence-electron chi connectivity index (χ1n) is 8.47. The fourth-order valence-electron chi connectivity index (χ4n) is 2.88. The van der Waals surface area contributed by atoms with Crippen LogP contribution in [0.5, 0.6) is 17.2 Å². The Labute approximate surface area is 161 Å². The molecule has 5 N–H and O–H groups in total. The SMILES string of the molecule is COc1ccc(C(CN)Nc2ncnc3c(OC(N)=O)cccc23)cc1OC. The highest BCUT2D eigenvalue weighted by Gasteiger charge is 2.16. The second-order valence-corrected chi connectivity index (χ2v) is 5.84. The first kappa shape index (κ1) is 19.2. The number of rotatable bonds is 7. The third-order valence-corrected chi connectivity index (χ3v) is 4.19. The van der Waals surface area contributed by atoms with E-state index in [-0.39, 0.29) is 11.8 Å². The van der Waals surface area contributed by atoms with E-state index >= 15 is 0 Å². The molecule has 0 aliphatic rings. The summed E-state index contributed by atoms with van der Waals surface area (Å²) in [6.45, 7) is 0.304. The van der Waals surface area contributed by atoms with Gasteiger partial charge < -0.3 is 31.0 Å². The first-order valence-corrected chi connectivity index (χ1v) is 8.47. The molecule has 9 nitrogen and oxygen atoms in total. The Morgan fingerprint density at radius 2 is 1.89 bits per heavy atom. The van der Waals surface area contributed by atoms with Gasteiger partial charge in [0.05, 0.1) is 20.3 Å². The Morgan fingerprint density at radius 1 is 1.11 bits per heavy atom. The third kappa shape index (κ3) is 3.89. The Hall–Kier alpha value is -3.59. The first-order chi connectivity index (χ1) is 13.6. The van der Waals surface area contributed by atoms with Crippen LogP contribution in [0.2, 0.25) is 0 Å². The van der Waals surface area contributed by atoms with Gasteiger partial charge >= 0.3 is 6.09 Å². The molecule has 0 bridgehead atoms. The van der Waals surface area contributed by atoms with Gasteiger partial charge in [0.2, 0.25) is 0 Å². The summed E-state index contributed by atoms with van der Waals surface area (Å²) in [5.41, 5.74) is 12.5. The quantitative estimate of drug-likeness (QED) is 0.565. The number of nitrogens with one attached hydrogen (secondary N) is 1. The van der Waals surface area contributed by atoms with Gasteiger partial charge in [0.1, 0.15) is 17.7 Å². The number of nitrogens with two attached hydrogens (primary N) is 2. The highest BCUT2D eigenvalue weighted by atomic mass is 16.5. The topological polar surface area (TPSA) is 135 Å². The lowest BCUT2D eigenvalue weighted by Gasteiger charge is -2.20. The fourth-order valence-corrected chi connectivity index (χ4v) is 2.88. The van der Waals surface area contributed by atoms with Crippen LogP contribution in [-0.4, -0.2) is 36.8 Å². The summed E-state index contributed by atoms with van der Waals surface area (Å²) in [5.74, 6) is 2.03. The molecule has 9 heteroatoms. The normalized spacial score (nSPS) is 11.7. The van der Waals surface area contributed by atoms with E-state index in [9.17, 15) is 4.79 Å². The van der Waals surface area contributed by atoms with Crippen LogP contribution in [0.25, 0.3) is 10.9 Å². The van der Waals surface area contributed by atoms with Gasteiger partial charge in [-0.2, -0.15) is 0 Å². The number of carbonyl (C=O) groups excluding carboxylic acids is 1. The van der Waals surface area contributed by atoms with E-state index in [2.05, 4.69) is 15.3 Å². The largest absolute Gasteiger partial charge is 0.493 e. The van der Waals surface area contributed by atoms with Crippen molar-refractivity contribution in [3.63, 3.8) is 0 Å². The molecule has 0 radical (unpaired) electrons. The standard InChI is InChI=1S/C19H21N5O4/c1-26-14-7-6-11(8-16(14)27-2)13(9-20)24-18-12-4-3-5-15(28-19(21)25)17(12)22-10-23-18/h3-8,10,13H,9,20H2,1-2H3,(H2,21,25)(H,22,23,24). The lowest BCUT2D eigenvalue weighted by atomic mass is 10.1. The van der Waals surface area contributed by atoms with E-state index in [4.69, 9.17) is 25.7 Å². The Bertz CT molecular complexity index is 995. The molecule has 1 aromatic heterocycles. The zero-order valence-corrected chi connectivity index (χ0v) is 15.5. The predicted octanol–water partition coefficient (Wildman–Crippen LogP) is 2.22. The van der Waals surface area contributed by atoms with Crippen molar-refractivity contribution < 1.29 is 19.0 Å². The second-order valence-electron chi connectivity index (χ2n) is 5.84. The zero-order valence-electron chi connectivity index (χ0n) is 15.5. The average Bonchev–Trinajstić information content (AvgIpc) is 2.71. The number of carbonyl (C=O) groups is 1. The number of fused-ring (bicyclic) bond motifs is 1. The summed E-state index contributed by atoms with van der Waals surface area (Å²) >= 11 is 0. The molecule has 28 heavy (non-hydrogen) atoms. The summed E-state index contributed by atoms with van der Waals surface area (Å²) in [5, 5.41) is 3.98. The van der Waals surface area contributed by atoms with Crippen molar-refractivity contribution in [2.24, 2.45) is 11.5 Å². The summed E-state index contributed by atoms with van der Waals surface area (Å²) in [7, 11) is 3.15. The number of hydrogen-bond donors (Lipinski definition) is 3. The number of hydrogen-bond acceptors (Lipinski definition) is 8. The van der Waals surface area contributed by atoms with Crippen LogP contribution in [0.15, 0.2) is 42.7 Å². The van der Waals surface area contributed by atoms with E-state index in [0.717, 1.165) is 5.56 Å². The highest BCUT2D eigenvalue weighted by Crippen LogP contribution is 2.33. The van der Waals surface area contributed by atoms with Crippen LogP contribution in [0.3, 0.4) is 0 Å². The minimum Gasteiger partial charge on any atom is -0.493 e. The second kappa shape index (κ2) is 8.40. The van der Waals surface area contributed by atoms with Gasteiger partial charge in [-0.1, -0.05) is 12.1 Å². The smallest absolute Gasteiger partial charge is 0.410 e. The average molecular weight is 383 g/mol. The van der Waals surface area contributed by atoms with Crippen LogP contribution < -0.4 is 31.0 Å². The molecule has 0 fully saturated rings. The van der Waals surface area contributed by atoms with Crippen LogP contribution in [0, 0.1) is 0 Å². The highest BCUT2D eigenvalue weighted by molar-refractivity contribution is 5.94. The maximum Gasteiger partial charge on any atom is 0.410 e. The molecule has 0 saturated heterocycles. The van der Waals surface area contributed by atoms with Gasteiger partial charge in [0, 0.05) is 11.9 Å². The van der Waals surface area contributed by atoms with Crippen LogP contribution in [0.4, 0.5) is 10.6 Å². The summed E-state index contributed by atoms with van der Waals surface area (Å²) in [6.07, 6.45) is 0.464. The van der Waals surface area contributed by atoms with Crippen LogP contribution in [0.1, 0.15) is 11.6 Å². The Balaban J connectivity index is 1.97. The predicted molar refractivity (Wildman–Crippen MR) is 105 cm³/mol. The van der Waals surface area contributed by atoms with Crippen LogP contribution >= 0.6 is 0 Å². The van der Waals surface area contributed by atoms with Gasteiger partial charge in [-0.15, -0.1) is 0 Å². The van der Waals surface area contributed by atoms with Crippen molar-refractivity contribution >= 4 is 22.8 Å². The van der Waals surface area contributed by atoms with Gasteiger partial charge in [-0.25, -0.2) is 14.8 Å². The minimum atomic E-state index is -0.911. The van der Waals surface area contributed by atoms with Gasteiger partial charge in [0.25, 0.3) is 0 Å². The van der Waals surface area contributed by atoms with Crippen molar-refractivity contribution in [3.8, 4) is 17.2 Å². The number of anilines is 1. The number of methoxy groups -OCH3 is 2. The third-order valence-electron chi connectivity index (χ3n) is 4.19. The molecule has 1 amide bonds. The van der Waals surface area contributed by atoms with Crippen LogP contribution in [-0.2, 0) is 0 Å². The van der Waals surface area contributed by atoms with Crippen molar-refractivity contribution in [3.05, 3.63) is 48.3 Å². The fraction of sp³-hybridized carbons (Fsp3) is 0.211. The zero-order chi connectivity index (χ0) is 20.1. The number of para-hydroxylation sites is 1. The lowest BCUT2D eigenvalue weighted by Crippen LogP contribution is -2.21. The lowest BCUT2D eigenvalue weighted by molar-refractivity contribution is 0.211. The molecule has 3 rings (SSSR count). The molecule has 146 valence electrons. The minimum absolute atomic E-state index is 0.251. The summed E-state index contributed by atoms with van der Waals surface area (Å²) in [4.78, 5) is 19.6. The number of primary amides is 1. The number of benzene rings is 2. The van der Waals surface area contributed by atoms with Gasteiger partial charge in [-0.05, 0) is 29.8 Å². The van der Waals surface area contributed by atoms with Crippen molar-refractivity contribution in [1.82, 2.24) is 9.97 Å². The molecule has 0 spiro atoms. The molecule has 0 aliphatic carbocycles.